The van der Waals surface area contributed by atoms with Crippen molar-refractivity contribution < 1.29 is 14.6 Å². The van der Waals surface area contributed by atoms with Gasteiger partial charge in [-0.15, -0.1) is 0 Å². The molecule has 0 bridgehead atoms. The van der Waals surface area contributed by atoms with E-state index < -0.39 is 17.7 Å². The van der Waals surface area contributed by atoms with Crippen LogP contribution in [-0.2, 0) is 29.0 Å². The number of fused-ring (bicyclic) bond motifs is 1. The van der Waals surface area contributed by atoms with Gasteiger partial charge in [-0.25, -0.2) is 4.79 Å². The molecule has 0 amide bonds. The van der Waals surface area contributed by atoms with Crippen LogP contribution in [0.5, 0.6) is 0 Å². The monoisotopic (exact) mass is 597 g/mol. The van der Waals surface area contributed by atoms with Gasteiger partial charge in [-0.3, -0.25) is 9.88 Å². The molecular weight excluding hydrogens is 546 g/mol. The molecule has 236 valence electrons. The third-order valence-electron chi connectivity index (χ3n) is 9.45. The van der Waals surface area contributed by atoms with E-state index in [4.69, 9.17) is 9.72 Å². The minimum absolute atomic E-state index is 0.261. The standard InChI is InChI=1S/C38H51N3O3/c1-24-10-11-25(2)31(20-24)23-40-17-14-28-21-29(12-13-30(28)22-40)32-26(3)39-27(4)33(35(36(42)43)44-37(5,6)7)34(32)41-18-15-38(8,9)16-19-41/h10-13,20-21,35H,14-19,22-23H2,1-9H3,(H,42,43)/t35-/m0/s1. The number of aromatic nitrogens is 1. The van der Waals surface area contributed by atoms with Crippen LogP contribution < -0.4 is 4.90 Å². The van der Waals surface area contributed by atoms with Crippen molar-refractivity contribution in [3.63, 3.8) is 0 Å². The maximum atomic E-state index is 12.8. The molecule has 2 aromatic carbocycles. The van der Waals surface area contributed by atoms with Gasteiger partial charge in [0.25, 0.3) is 0 Å². The minimum Gasteiger partial charge on any atom is -0.479 e. The van der Waals surface area contributed by atoms with Gasteiger partial charge >= 0.3 is 5.97 Å². The number of anilines is 1. The van der Waals surface area contributed by atoms with E-state index >= 15 is 0 Å². The van der Waals surface area contributed by atoms with Crippen molar-refractivity contribution in [2.45, 2.75) is 106 Å². The summed E-state index contributed by atoms with van der Waals surface area (Å²) in [6, 6.07) is 13.6. The summed E-state index contributed by atoms with van der Waals surface area (Å²) in [6.07, 6.45) is 1.97. The number of aryl methyl sites for hydroxylation is 4. The molecule has 5 rings (SSSR count). The van der Waals surface area contributed by atoms with Crippen molar-refractivity contribution in [3.05, 3.63) is 81.2 Å². The number of pyridine rings is 1. The quantitative estimate of drug-likeness (QED) is 0.297. The molecule has 0 spiro atoms. The molecule has 6 heteroatoms. The van der Waals surface area contributed by atoms with Gasteiger partial charge in [0.15, 0.2) is 6.10 Å². The zero-order valence-corrected chi connectivity index (χ0v) is 28.3. The molecule has 2 aliphatic heterocycles. The fourth-order valence-corrected chi connectivity index (χ4v) is 6.87. The summed E-state index contributed by atoms with van der Waals surface area (Å²) in [5.74, 6) is -0.979. The molecule has 1 aromatic heterocycles. The van der Waals surface area contributed by atoms with E-state index in [9.17, 15) is 9.90 Å². The first-order valence-corrected chi connectivity index (χ1v) is 16.2. The summed E-state index contributed by atoms with van der Waals surface area (Å²) in [7, 11) is 0. The molecule has 3 aromatic rings. The zero-order chi connectivity index (χ0) is 32.0. The maximum absolute atomic E-state index is 12.8. The normalized spacial score (nSPS) is 17.8. The summed E-state index contributed by atoms with van der Waals surface area (Å²) in [5, 5.41) is 10.5. The molecule has 1 fully saturated rings. The van der Waals surface area contributed by atoms with Crippen molar-refractivity contribution in [1.29, 1.82) is 0 Å². The van der Waals surface area contributed by atoms with E-state index in [0.717, 1.165) is 80.2 Å². The molecule has 0 saturated carbocycles. The lowest BCUT2D eigenvalue weighted by atomic mass is 9.81. The van der Waals surface area contributed by atoms with Crippen LogP contribution in [0.25, 0.3) is 11.1 Å². The van der Waals surface area contributed by atoms with Crippen LogP contribution in [0, 0.1) is 33.1 Å². The Morgan fingerprint density at radius 2 is 1.68 bits per heavy atom. The lowest BCUT2D eigenvalue weighted by molar-refractivity contribution is -0.160. The molecule has 44 heavy (non-hydrogen) atoms. The molecule has 3 heterocycles. The topological polar surface area (TPSA) is 65.9 Å². The van der Waals surface area contributed by atoms with Crippen LogP contribution in [0.4, 0.5) is 5.69 Å². The summed E-state index contributed by atoms with van der Waals surface area (Å²) < 4.78 is 6.26. The highest BCUT2D eigenvalue weighted by molar-refractivity contribution is 5.88. The van der Waals surface area contributed by atoms with Crippen LogP contribution in [0.2, 0.25) is 0 Å². The van der Waals surface area contributed by atoms with Crippen LogP contribution >= 0.6 is 0 Å². The number of piperidine rings is 1. The Kier molecular flexibility index (Phi) is 8.99. The van der Waals surface area contributed by atoms with Crippen molar-refractivity contribution in [3.8, 4) is 11.1 Å². The number of aliphatic carboxylic acids is 1. The van der Waals surface area contributed by atoms with Crippen molar-refractivity contribution in [2.75, 3.05) is 24.5 Å². The molecule has 1 atom stereocenters. The van der Waals surface area contributed by atoms with Crippen LogP contribution in [-0.4, -0.2) is 46.2 Å². The summed E-state index contributed by atoms with van der Waals surface area (Å²) in [4.78, 5) is 22.7. The predicted molar refractivity (Wildman–Crippen MR) is 179 cm³/mol. The average Bonchev–Trinajstić information content (AvgIpc) is 2.93. The van der Waals surface area contributed by atoms with Gasteiger partial charge in [-0.2, -0.15) is 0 Å². The van der Waals surface area contributed by atoms with E-state index in [1.54, 1.807) is 0 Å². The molecule has 6 nitrogen and oxygen atoms in total. The Hall–Kier alpha value is -3.22. The Morgan fingerprint density at radius 3 is 2.34 bits per heavy atom. The highest BCUT2D eigenvalue weighted by Crippen LogP contribution is 2.45. The van der Waals surface area contributed by atoms with E-state index in [1.807, 2.05) is 27.7 Å². The number of ether oxygens (including phenoxy) is 1. The van der Waals surface area contributed by atoms with Gasteiger partial charge in [-0.1, -0.05) is 55.8 Å². The molecular formula is C38H51N3O3. The molecule has 0 unspecified atom stereocenters. The van der Waals surface area contributed by atoms with Gasteiger partial charge in [-0.05, 0) is 101 Å². The summed E-state index contributed by atoms with van der Waals surface area (Å²) in [5.41, 5.74) is 11.9. The first kappa shape index (κ1) is 32.2. The second-order valence-electron chi connectivity index (χ2n) is 14.9. The smallest absolute Gasteiger partial charge is 0.337 e. The van der Waals surface area contributed by atoms with Crippen molar-refractivity contribution in [2.24, 2.45) is 5.41 Å². The van der Waals surface area contributed by atoms with Gasteiger partial charge in [0.2, 0.25) is 0 Å². The lowest BCUT2D eigenvalue weighted by Gasteiger charge is -2.41. The molecule has 2 aliphatic rings. The first-order chi connectivity index (χ1) is 20.6. The predicted octanol–water partition coefficient (Wildman–Crippen LogP) is 8.11. The minimum atomic E-state index is -1.11. The number of carboxylic acid groups (broad SMARTS) is 1. The number of benzene rings is 2. The number of rotatable bonds is 7. The Labute approximate surface area is 264 Å². The van der Waals surface area contributed by atoms with E-state index in [1.165, 1.54) is 27.8 Å². The highest BCUT2D eigenvalue weighted by atomic mass is 16.5. The number of hydrogen-bond acceptors (Lipinski definition) is 5. The van der Waals surface area contributed by atoms with Crippen LogP contribution in [0.3, 0.4) is 0 Å². The van der Waals surface area contributed by atoms with Crippen LogP contribution in [0.15, 0.2) is 36.4 Å². The second-order valence-corrected chi connectivity index (χ2v) is 14.9. The van der Waals surface area contributed by atoms with E-state index in [2.05, 4.69) is 80.8 Å². The summed E-state index contributed by atoms with van der Waals surface area (Å²) in [6.45, 7) is 23.4. The average molecular weight is 598 g/mol. The summed E-state index contributed by atoms with van der Waals surface area (Å²) >= 11 is 0. The fraction of sp³-hybridized carbons (Fsp3) is 0.526. The van der Waals surface area contributed by atoms with Gasteiger partial charge in [0.1, 0.15) is 0 Å². The van der Waals surface area contributed by atoms with Crippen molar-refractivity contribution in [1.82, 2.24) is 9.88 Å². The number of carbonyl (C=O) groups is 1. The van der Waals surface area contributed by atoms with E-state index in [-0.39, 0.29) is 5.41 Å². The maximum Gasteiger partial charge on any atom is 0.337 e. The zero-order valence-electron chi connectivity index (χ0n) is 28.3. The molecule has 0 aliphatic carbocycles. The lowest BCUT2D eigenvalue weighted by Crippen LogP contribution is -2.39. The highest BCUT2D eigenvalue weighted by Gasteiger charge is 2.36. The second kappa shape index (κ2) is 12.3. The first-order valence-electron chi connectivity index (χ1n) is 16.2. The molecule has 1 saturated heterocycles. The third kappa shape index (κ3) is 7.02. The van der Waals surface area contributed by atoms with Crippen LogP contribution in [0.1, 0.15) is 98.3 Å². The van der Waals surface area contributed by atoms with E-state index in [0.29, 0.717) is 5.56 Å². The molecule has 1 N–H and O–H groups in total. The molecule has 0 radical (unpaired) electrons. The Morgan fingerprint density at radius 1 is 0.977 bits per heavy atom. The fourth-order valence-electron chi connectivity index (χ4n) is 6.87. The number of carboxylic acids is 1. The van der Waals surface area contributed by atoms with Gasteiger partial charge in [0, 0.05) is 55.2 Å². The number of hydrogen-bond donors (Lipinski definition) is 1. The SMILES string of the molecule is Cc1ccc(C)c(CN2CCc3cc(-c4c(C)nc(C)c([C@H](OC(C)(C)C)C(=O)O)c4N4CCC(C)(C)CC4)ccc3C2)c1. The Bertz CT molecular complexity index is 1540. The Balaban J connectivity index is 1.57. The van der Waals surface area contributed by atoms with Gasteiger partial charge < -0.3 is 14.7 Å². The van der Waals surface area contributed by atoms with Crippen molar-refractivity contribution >= 4 is 11.7 Å². The number of nitrogens with zero attached hydrogens (tertiary/aromatic N) is 3. The third-order valence-corrected chi connectivity index (χ3v) is 9.45. The van der Waals surface area contributed by atoms with Gasteiger partial charge in [0.05, 0.1) is 11.3 Å². The largest absolute Gasteiger partial charge is 0.479 e.